The van der Waals surface area contributed by atoms with Gasteiger partial charge in [-0.3, -0.25) is 0 Å². The van der Waals surface area contributed by atoms with Gasteiger partial charge in [-0.2, -0.15) is 0 Å². The van der Waals surface area contributed by atoms with Crippen LogP contribution in [0.15, 0.2) is 0 Å². The lowest BCUT2D eigenvalue weighted by Crippen LogP contribution is -2.10. The van der Waals surface area contributed by atoms with Crippen LogP contribution in [0.25, 0.3) is 0 Å². The molecule has 1 aromatic rings. The second kappa shape index (κ2) is 4.00. The van der Waals surface area contributed by atoms with Crippen LogP contribution in [-0.2, 0) is 10.6 Å². The van der Waals surface area contributed by atoms with Gasteiger partial charge in [0.1, 0.15) is 11.9 Å². The number of halogens is 1. The van der Waals surface area contributed by atoms with Gasteiger partial charge in [0.15, 0.2) is 5.82 Å². The van der Waals surface area contributed by atoms with Crippen molar-refractivity contribution in [1.29, 1.82) is 0 Å². The maximum absolute atomic E-state index is 5.89. The number of aromatic nitrogens is 3. The van der Waals surface area contributed by atoms with Gasteiger partial charge in [-0.1, -0.05) is 0 Å². The minimum atomic E-state index is 0.125. The number of hydrogen-bond acceptors (Lipinski definition) is 3. The number of ether oxygens (including phenoxy) is 1. The molecule has 1 aliphatic heterocycles. The maximum atomic E-state index is 5.89. The van der Waals surface area contributed by atoms with E-state index in [0.717, 1.165) is 24.5 Å². The molecule has 88 valence electrons. The summed E-state index contributed by atoms with van der Waals surface area (Å²) in [6.45, 7) is 2.11. The largest absolute Gasteiger partial charge is 0.367 e. The third-order valence-electron chi connectivity index (χ3n) is 3.34. The summed E-state index contributed by atoms with van der Waals surface area (Å²) >= 11 is 5.89. The lowest BCUT2D eigenvalue weighted by molar-refractivity contribution is 0.0478. The monoisotopic (exact) mass is 241 g/mol. The van der Waals surface area contributed by atoms with E-state index in [2.05, 4.69) is 21.7 Å². The molecule has 0 radical (unpaired) electrons. The smallest absolute Gasteiger partial charge is 0.162 e. The normalized spacial score (nSPS) is 29.9. The quantitative estimate of drug-likeness (QED) is 0.764. The Morgan fingerprint density at radius 1 is 1.31 bits per heavy atom. The summed E-state index contributed by atoms with van der Waals surface area (Å²) < 4.78 is 8.06. The van der Waals surface area contributed by atoms with Crippen molar-refractivity contribution in [2.45, 2.75) is 56.7 Å². The summed E-state index contributed by atoms with van der Waals surface area (Å²) in [5, 5.41) is 8.43. The number of nitrogens with zero attached hydrogens (tertiary/aromatic N) is 3. The van der Waals surface area contributed by atoms with Crippen LogP contribution in [0.2, 0.25) is 0 Å². The molecule has 2 fully saturated rings. The number of alkyl halides is 1. The van der Waals surface area contributed by atoms with Crippen molar-refractivity contribution in [2.75, 3.05) is 0 Å². The van der Waals surface area contributed by atoms with Crippen molar-refractivity contribution in [3.8, 4) is 0 Å². The molecule has 2 aliphatic rings. The Bertz CT molecular complexity index is 389. The molecule has 4 nitrogen and oxygen atoms in total. The Labute approximate surface area is 99.9 Å². The Morgan fingerprint density at radius 3 is 2.69 bits per heavy atom. The first-order chi connectivity index (χ1) is 7.79. The number of rotatable bonds is 3. The topological polar surface area (TPSA) is 39.9 Å². The Kier molecular flexibility index (Phi) is 2.64. The molecule has 0 aromatic carbocycles. The van der Waals surface area contributed by atoms with Gasteiger partial charge < -0.3 is 9.30 Å². The highest BCUT2D eigenvalue weighted by Gasteiger charge is 2.34. The molecule has 1 saturated heterocycles. The van der Waals surface area contributed by atoms with Gasteiger partial charge in [0.25, 0.3) is 0 Å². The van der Waals surface area contributed by atoms with Crippen molar-refractivity contribution < 1.29 is 4.74 Å². The van der Waals surface area contributed by atoms with E-state index in [9.17, 15) is 0 Å². The molecule has 2 unspecified atom stereocenters. The average Bonchev–Trinajstić information content (AvgIpc) is 2.88. The molecule has 0 N–H and O–H groups in total. The van der Waals surface area contributed by atoms with Crippen molar-refractivity contribution >= 4 is 11.6 Å². The molecule has 0 bridgehead atoms. The first-order valence-corrected chi connectivity index (χ1v) is 6.48. The lowest BCUT2D eigenvalue weighted by Gasteiger charge is -2.13. The van der Waals surface area contributed by atoms with Gasteiger partial charge in [-0.25, -0.2) is 0 Å². The predicted molar refractivity (Wildman–Crippen MR) is 60.4 cm³/mol. The minimum absolute atomic E-state index is 0.125. The van der Waals surface area contributed by atoms with Gasteiger partial charge in [-0.05, 0) is 32.6 Å². The molecule has 3 rings (SSSR count). The standard InChI is InChI=1S/C11H16ClN3O/c1-7-2-5-9(16-7)11-14-13-10(6-12)15(11)8-3-4-8/h7-9H,2-6H2,1H3. The Hall–Kier alpha value is -0.610. The van der Waals surface area contributed by atoms with Gasteiger partial charge in [0.2, 0.25) is 0 Å². The first-order valence-electron chi connectivity index (χ1n) is 5.94. The van der Waals surface area contributed by atoms with E-state index in [0.29, 0.717) is 18.0 Å². The van der Waals surface area contributed by atoms with Crippen LogP contribution in [0.5, 0.6) is 0 Å². The molecule has 0 spiro atoms. The Morgan fingerprint density at radius 2 is 2.12 bits per heavy atom. The van der Waals surface area contributed by atoms with Crippen molar-refractivity contribution in [3.63, 3.8) is 0 Å². The third-order valence-corrected chi connectivity index (χ3v) is 3.58. The summed E-state index contributed by atoms with van der Waals surface area (Å²) in [6, 6.07) is 0.568. The van der Waals surface area contributed by atoms with E-state index in [1.807, 2.05) is 0 Å². The molecule has 1 aliphatic carbocycles. The zero-order valence-electron chi connectivity index (χ0n) is 9.40. The molecule has 1 aromatic heterocycles. The molecule has 16 heavy (non-hydrogen) atoms. The number of hydrogen-bond donors (Lipinski definition) is 0. The van der Waals surface area contributed by atoms with Gasteiger partial charge in [0, 0.05) is 6.04 Å². The van der Waals surface area contributed by atoms with E-state index in [-0.39, 0.29) is 6.10 Å². The molecule has 5 heteroatoms. The SMILES string of the molecule is CC1CCC(c2nnc(CCl)n2C2CC2)O1. The van der Waals surface area contributed by atoms with Gasteiger partial charge in [-0.15, -0.1) is 21.8 Å². The van der Waals surface area contributed by atoms with Crippen LogP contribution in [0.4, 0.5) is 0 Å². The van der Waals surface area contributed by atoms with Crippen molar-refractivity contribution in [3.05, 3.63) is 11.6 Å². The van der Waals surface area contributed by atoms with Gasteiger partial charge in [0.05, 0.1) is 12.0 Å². The molecule has 2 atom stereocenters. The highest BCUT2D eigenvalue weighted by atomic mass is 35.5. The highest BCUT2D eigenvalue weighted by Crippen LogP contribution is 2.40. The van der Waals surface area contributed by atoms with Crippen LogP contribution in [-0.4, -0.2) is 20.9 Å². The predicted octanol–water partition coefficient (Wildman–Crippen LogP) is 2.59. The molecular formula is C11H16ClN3O. The fraction of sp³-hybridized carbons (Fsp3) is 0.818. The van der Waals surface area contributed by atoms with Crippen LogP contribution >= 0.6 is 11.6 Å². The zero-order valence-corrected chi connectivity index (χ0v) is 10.2. The first kappa shape index (κ1) is 10.5. The molecule has 0 amide bonds. The summed E-state index contributed by atoms with van der Waals surface area (Å²) in [5.41, 5.74) is 0. The third kappa shape index (κ3) is 1.74. The van der Waals surface area contributed by atoms with E-state index in [4.69, 9.17) is 16.3 Å². The molecule has 2 heterocycles. The van der Waals surface area contributed by atoms with Crippen LogP contribution in [0, 0.1) is 0 Å². The molecular weight excluding hydrogens is 226 g/mol. The summed E-state index contributed by atoms with van der Waals surface area (Å²) in [5.74, 6) is 2.32. The fourth-order valence-electron chi connectivity index (χ4n) is 2.37. The van der Waals surface area contributed by atoms with Gasteiger partial charge >= 0.3 is 0 Å². The van der Waals surface area contributed by atoms with E-state index in [1.54, 1.807) is 0 Å². The summed E-state index contributed by atoms with van der Waals surface area (Å²) in [6.07, 6.45) is 5.06. The second-order valence-corrected chi connectivity index (χ2v) is 4.99. The highest BCUT2D eigenvalue weighted by molar-refractivity contribution is 6.16. The van der Waals surface area contributed by atoms with E-state index < -0.39 is 0 Å². The summed E-state index contributed by atoms with van der Waals surface area (Å²) in [7, 11) is 0. The van der Waals surface area contributed by atoms with Crippen LogP contribution in [0.3, 0.4) is 0 Å². The molecule has 1 saturated carbocycles. The van der Waals surface area contributed by atoms with E-state index >= 15 is 0 Å². The van der Waals surface area contributed by atoms with Crippen molar-refractivity contribution in [2.24, 2.45) is 0 Å². The van der Waals surface area contributed by atoms with E-state index in [1.165, 1.54) is 12.8 Å². The van der Waals surface area contributed by atoms with Crippen molar-refractivity contribution in [1.82, 2.24) is 14.8 Å². The van der Waals surface area contributed by atoms with Crippen LogP contribution in [0.1, 0.15) is 56.4 Å². The fourth-order valence-corrected chi connectivity index (χ4v) is 2.55. The lowest BCUT2D eigenvalue weighted by atomic mass is 10.2. The average molecular weight is 242 g/mol. The maximum Gasteiger partial charge on any atom is 0.162 e. The summed E-state index contributed by atoms with van der Waals surface area (Å²) in [4.78, 5) is 0. The van der Waals surface area contributed by atoms with Crippen LogP contribution < -0.4 is 0 Å². The second-order valence-electron chi connectivity index (χ2n) is 4.72. The Balaban J connectivity index is 1.91. The zero-order chi connectivity index (χ0) is 11.1. The minimum Gasteiger partial charge on any atom is -0.367 e.